The Kier molecular flexibility index (Phi) is 5.19. The average molecular weight is 338 g/mol. The molecule has 1 aliphatic rings. The van der Waals surface area contributed by atoms with E-state index < -0.39 is 0 Å². The molecule has 0 unspecified atom stereocenters. The highest BCUT2D eigenvalue weighted by molar-refractivity contribution is 7.99. The first kappa shape index (κ1) is 16.6. The SMILES string of the molecule is N#Cc1ccccc1Sc1ccc(C(=O)N(CCO)C2CC2)cc1. The van der Waals surface area contributed by atoms with Crippen LogP contribution in [0.1, 0.15) is 28.8 Å². The Morgan fingerprint density at radius 2 is 1.92 bits per heavy atom. The van der Waals surface area contributed by atoms with E-state index in [0.29, 0.717) is 17.7 Å². The Morgan fingerprint density at radius 3 is 2.54 bits per heavy atom. The summed E-state index contributed by atoms with van der Waals surface area (Å²) in [6.07, 6.45) is 2.04. The van der Waals surface area contributed by atoms with Crippen LogP contribution in [0.25, 0.3) is 0 Å². The second-order valence-corrected chi connectivity index (χ2v) is 6.80. The first-order valence-corrected chi connectivity index (χ1v) is 8.73. The normalized spacial score (nSPS) is 13.3. The van der Waals surface area contributed by atoms with Gasteiger partial charge in [-0.15, -0.1) is 0 Å². The lowest BCUT2D eigenvalue weighted by atomic mass is 10.2. The van der Waals surface area contributed by atoms with Gasteiger partial charge in [-0.25, -0.2) is 0 Å². The summed E-state index contributed by atoms with van der Waals surface area (Å²) in [5.74, 6) is -0.0273. The summed E-state index contributed by atoms with van der Waals surface area (Å²) >= 11 is 1.51. The molecule has 1 amide bonds. The zero-order valence-electron chi connectivity index (χ0n) is 13.2. The van der Waals surface area contributed by atoms with Gasteiger partial charge in [0.25, 0.3) is 5.91 Å². The molecule has 0 atom stereocenters. The minimum atomic E-state index is -0.0273. The number of hydrogen-bond donors (Lipinski definition) is 1. The molecule has 0 saturated heterocycles. The number of amides is 1. The number of aliphatic hydroxyl groups excluding tert-OH is 1. The molecule has 5 heteroatoms. The van der Waals surface area contributed by atoms with Crippen molar-refractivity contribution < 1.29 is 9.90 Å². The lowest BCUT2D eigenvalue weighted by molar-refractivity contribution is 0.0707. The van der Waals surface area contributed by atoms with Gasteiger partial charge in [0.15, 0.2) is 0 Å². The number of benzene rings is 2. The molecule has 3 rings (SSSR count). The summed E-state index contributed by atoms with van der Waals surface area (Å²) in [5, 5.41) is 18.3. The predicted molar refractivity (Wildman–Crippen MR) is 92.9 cm³/mol. The molecule has 1 aliphatic carbocycles. The third kappa shape index (κ3) is 3.78. The fourth-order valence-electron chi connectivity index (χ4n) is 2.55. The minimum Gasteiger partial charge on any atom is -0.395 e. The second kappa shape index (κ2) is 7.52. The van der Waals surface area contributed by atoms with Crippen molar-refractivity contribution in [2.75, 3.05) is 13.2 Å². The van der Waals surface area contributed by atoms with Crippen LogP contribution in [-0.2, 0) is 0 Å². The van der Waals surface area contributed by atoms with Crippen LogP contribution in [0.3, 0.4) is 0 Å². The summed E-state index contributed by atoms with van der Waals surface area (Å²) in [6, 6.07) is 17.3. The van der Waals surface area contributed by atoms with Crippen molar-refractivity contribution in [1.29, 1.82) is 5.26 Å². The van der Waals surface area contributed by atoms with E-state index in [1.807, 2.05) is 42.5 Å². The fourth-order valence-corrected chi connectivity index (χ4v) is 3.45. The largest absolute Gasteiger partial charge is 0.395 e. The van der Waals surface area contributed by atoms with E-state index in [4.69, 9.17) is 10.4 Å². The number of rotatable bonds is 6. The van der Waals surface area contributed by atoms with Crippen LogP contribution in [0.4, 0.5) is 0 Å². The van der Waals surface area contributed by atoms with Crippen LogP contribution >= 0.6 is 11.8 Å². The number of carbonyl (C=O) groups is 1. The van der Waals surface area contributed by atoms with Crippen LogP contribution in [0, 0.1) is 11.3 Å². The van der Waals surface area contributed by atoms with Crippen molar-refractivity contribution in [3.8, 4) is 6.07 Å². The van der Waals surface area contributed by atoms with Gasteiger partial charge >= 0.3 is 0 Å². The molecule has 1 N–H and O–H groups in total. The van der Waals surface area contributed by atoms with Crippen LogP contribution in [-0.4, -0.2) is 35.1 Å². The van der Waals surface area contributed by atoms with Crippen molar-refractivity contribution in [1.82, 2.24) is 4.90 Å². The van der Waals surface area contributed by atoms with Gasteiger partial charge in [0.1, 0.15) is 6.07 Å². The molecule has 0 radical (unpaired) electrons. The molecular formula is C19H18N2O2S. The topological polar surface area (TPSA) is 64.3 Å². The standard InChI is InChI=1S/C19H18N2O2S/c20-13-15-3-1-2-4-18(15)24-17-9-5-14(6-10-17)19(23)21(11-12-22)16-7-8-16/h1-6,9-10,16,22H,7-8,11-12H2. The van der Waals surface area contributed by atoms with Gasteiger partial charge in [0.2, 0.25) is 0 Å². The number of aliphatic hydroxyl groups is 1. The fraction of sp³-hybridized carbons (Fsp3) is 0.263. The number of nitrogens with zero attached hydrogens (tertiary/aromatic N) is 2. The van der Waals surface area contributed by atoms with Gasteiger partial charge in [0.05, 0.1) is 12.2 Å². The number of nitriles is 1. The van der Waals surface area contributed by atoms with E-state index in [-0.39, 0.29) is 18.6 Å². The summed E-state index contributed by atoms with van der Waals surface area (Å²) in [5.41, 5.74) is 1.28. The Hall–Kier alpha value is -2.29. The molecule has 1 saturated carbocycles. The van der Waals surface area contributed by atoms with Gasteiger partial charge in [0, 0.05) is 27.9 Å². The van der Waals surface area contributed by atoms with Crippen molar-refractivity contribution in [2.45, 2.75) is 28.7 Å². The molecule has 24 heavy (non-hydrogen) atoms. The van der Waals surface area contributed by atoms with E-state index in [0.717, 1.165) is 22.6 Å². The molecule has 0 bridgehead atoms. The lowest BCUT2D eigenvalue weighted by Gasteiger charge is -2.21. The first-order valence-electron chi connectivity index (χ1n) is 7.92. The van der Waals surface area contributed by atoms with Gasteiger partial charge in [-0.05, 0) is 49.2 Å². The van der Waals surface area contributed by atoms with Gasteiger partial charge in [-0.3, -0.25) is 4.79 Å². The summed E-state index contributed by atoms with van der Waals surface area (Å²) in [6.45, 7) is 0.372. The first-order chi connectivity index (χ1) is 11.7. The van der Waals surface area contributed by atoms with Crippen molar-refractivity contribution >= 4 is 17.7 Å². The number of hydrogen-bond acceptors (Lipinski definition) is 4. The summed E-state index contributed by atoms with van der Waals surface area (Å²) in [7, 11) is 0. The van der Waals surface area contributed by atoms with Crippen molar-refractivity contribution in [3.05, 3.63) is 59.7 Å². The third-order valence-electron chi connectivity index (χ3n) is 3.93. The van der Waals surface area contributed by atoms with Crippen LogP contribution < -0.4 is 0 Å². The predicted octanol–water partition coefficient (Wildman–Crippen LogP) is 3.31. The highest BCUT2D eigenvalue weighted by Crippen LogP contribution is 2.31. The average Bonchev–Trinajstić information content (AvgIpc) is 3.45. The molecule has 0 aliphatic heterocycles. The quantitative estimate of drug-likeness (QED) is 0.878. The molecule has 4 nitrogen and oxygen atoms in total. The maximum Gasteiger partial charge on any atom is 0.254 e. The Bertz CT molecular complexity index is 764. The monoisotopic (exact) mass is 338 g/mol. The molecule has 1 fully saturated rings. The zero-order valence-corrected chi connectivity index (χ0v) is 14.0. The summed E-state index contributed by atoms with van der Waals surface area (Å²) < 4.78 is 0. The smallest absolute Gasteiger partial charge is 0.254 e. The molecular weight excluding hydrogens is 320 g/mol. The Labute approximate surface area is 145 Å². The van der Waals surface area contributed by atoms with E-state index >= 15 is 0 Å². The van der Waals surface area contributed by atoms with Gasteiger partial charge in [-0.2, -0.15) is 5.26 Å². The van der Waals surface area contributed by atoms with Crippen molar-refractivity contribution in [2.24, 2.45) is 0 Å². The molecule has 0 heterocycles. The molecule has 2 aromatic rings. The van der Waals surface area contributed by atoms with Crippen LogP contribution in [0.5, 0.6) is 0 Å². The van der Waals surface area contributed by atoms with Crippen molar-refractivity contribution in [3.63, 3.8) is 0 Å². The molecule has 2 aromatic carbocycles. The third-order valence-corrected chi connectivity index (χ3v) is 5.01. The lowest BCUT2D eigenvalue weighted by Crippen LogP contribution is -2.35. The van der Waals surface area contributed by atoms with E-state index in [1.54, 1.807) is 11.0 Å². The van der Waals surface area contributed by atoms with E-state index in [1.165, 1.54) is 11.8 Å². The molecule has 122 valence electrons. The zero-order chi connectivity index (χ0) is 16.9. The maximum absolute atomic E-state index is 12.6. The van der Waals surface area contributed by atoms with Crippen LogP contribution in [0.15, 0.2) is 58.3 Å². The highest BCUT2D eigenvalue weighted by Gasteiger charge is 2.32. The van der Waals surface area contributed by atoms with Crippen LogP contribution in [0.2, 0.25) is 0 Å². The van der Waals surface area contributed by atoms with Gasteiger partial charge in [-0.1, -0.05) is 23.9 Å². The van der Waals surface area contributed by atoms with E-state index in [2.05, 4.69) is 6.07 Å². The molecule has 0 spiro atoms. The number of carbonyl (C=O) groups excluding carboxylic acids is 1. The molecule has 0 aromatic heterocycles. The van der Waals surface area contributed by atoms with E-state index in [9.17, 15) is 4.79 Å². The second-order valence-electron chi connectivity index (χ2n) is 5.69. The minimum absolute atomic E-state index is 0.0128. The Balaban J connectivity index is 1.73. The summed E-state index contributed by atoms with van der Waals surface area (Å²) in [4.78, 5) is 16.2. The maximum atomic E-state index is 12.6. The van der Waals surface area contributed by atoms with Gasteiger partial charge < -0.3 is 10.0 Å². The Morgan fingerprint density at radius 1 is 1.21 bits per heavy atom. The highest BCUT2D eigenvalue weighted by atomic mass is 32.2.